The number of alkyl halides is 2. The van der Waals surface area contributed by atoms with Crippen LogP contribution < -0.4 is 26.6 Å². The van der Waals surface area contributed by atoms with Crippen molar-refractivity contribution >= 4 is 35.3 Å². The third-order valence-corrected chi connectivity index (χ3v) is 8.91. The lowest BCUT2D eigenvalue weighted by atomic mass is 9.84. The Morgan fingerprint density at radius 1 is 0.865 bits per heavy atom. The Morgan fingerprint density at radius 2 is 1.56 bits per heavy atom. The van der Waals surface area contributed by atoms with Gasteiger partial charge in [0.25, 0.3) is 11.8 Å². The summed E-state index contributed by atoms with van der Waals surface area (Å²) >= 11 is 0. The Morgan fingerprint density at radius 3 is 2.15 bits per heavy atom. The van der Waals surface area contributed by atoms with Gasteiger partial charge in [-0.05, 0) is 30.6 Å². The maximum Gasteiger partial charge on any atom is 0.289 e. The van der Waals surface area contributed by atoms with Crippen LogP contribution in [0.4, 0.5) is 8.78 Å². The maximum atomic E-state index is 13.9. The molecular formula is C33H49F2N11O6. The molecule has 3 rings (SSSR count). The lowest BCUT2D eigenvalue weighted by Gasteiger charge is -2.31. The van der Waals surface area contributed by atoms with Crippen LogP contribution in [-0.2, 0) is 30.5 Å². The number of nitrogens with zero attached hydrogens (tertiary/aromatic N) is 5. The second-order valence-corrected chi connectivity index (χ2v) is 13.5. The van der Waals surface area contributed by atoms with Crippen LogP contribution in [0, 0.1) is 17.8 Å². The van der Waals surface area contributed by atoms with Gasteiger partial charge in [0.2, 0.25) is 29.9 Å². The number of hydrogen-bond acceptors (Lipinski definition) is 11. The summed E-state index contributed by atoms with van der Waals surface area (Å²) in [4.78, 5) is 87.6. The Hall–Kier alpha value is -4.97. The first-order valence-electron chi connectivity index (χ1n) is 17.6. The minimum Gasteiger partial charge on any atom is -0.344 e. The number of tetrazole rings is 1. The number of nitrogens with one attached hydrogen (secondary N) is 6. The van der Waals surface area contributed by atoms with Gasteiger partial charge in [-0.15, -0.1) is 10.2 Å². The number of aromatic amines is 1. The molecule has 1 fully saturated rings. The Kier molecular flexibility index (Phi) is 16.6. The van der Waals surface area contributed by atoms with E-state index in [1.54, 1.807) is 6.92 Å². The number of Topliss-reactive ketones (excluding diaryl/α,β-unsaturated/α-hetero) is 1. The average Bonchev–Trinajstić information content (AvgIpc) is 3.65. The van der Waals surface area contributed by atoms with Crippen LogP contribution >= 0.6 is 0 Å². The molecule has 1 aliphatic rings. The zero-order valence-electron chi connectivity index (χ0n) is 29.9. The van der Waals surface area contributed by atoms with Gasteiger partial charge < -0.3 is 26.6 Å². The molecule has 17 nitrogen and oxygen atoms in total. The van der Waals surface area contributed by atoms with Crippen molar-refractivity contribution in [1.29, 1.82) is 0 Å². The highest BCUT2D eigenvalue weighted by atomic mass is 19.3. The van der Waals surface area contributed by atoms with Crippen LogP contribution in [0.3, 0.4) is 0 Å². The summed E-state index contributed by atoms with van der Waals surface area (Å²) in [6.07, 6.45) is 4.99. The molecule has 0 aliphatic heterocycles. The highest BCUT2D eigenvalue weighted by Gasteiger charge is 2.36. The molecule has 5 atom stereocenters. The number of H-pyrrole nitrogens is 1. The molecule has 1 saturated carbocycles. The summed E-state index contributed by atoms with van der Waals surface area (Å²) in [7, 11) is 0. The van der Waals surface area contributed by atoms with Gasteiger partial charge in [-0.3, -0.25) is 33.8 Å². The number of hydrogen-bond donors (Lipinski definition) is 6. The Labute approximate surface area is 300 Å². The highest BCUT2D eigenvalue weighted by molar-refractivity contribution is 6.38. The number of amides is 5. The third-order valence-electron chi connectivity index (χ3n) is 8.91. The minimum absolute atomic E-state index is 0.00456. The van der Waals surface area contributed by atoms with Gasteiger partial charge in [0, 0.05) is 18.8 Å². The predicted molar refractivity (Wildman–Crippen MR) is 181 cm³/mol. The van der Waals surface area contributed by atoms with Crippen molar-refractivity contribution in [3.8, 4) is 0 Å². The van der Waals surface area contributed by atoms with Gasteiger partial charge in [-0.25, -0.2) is 13.8 Å². The Balaban J connectivity index is 1.80. The predicted octanol–water partition coefficient (Wildman–Crippen LogP) is 1.15. The van der Waals surface area contributed by atoms with E-state index >= 15 is 0 Å². The molecule has 6 N–H and O–H groups in total. The standard InChI is InChI=1S/C33H49F2N11O6/c1-5-19(4)27(42-30(49)22(13-18(2)3)40-31(50)24-16-36-11-12-37-24)32(51)41-23(14-20-9-7-6-8-10-20)29(48)39-21(15-25(34)35)28(47)33(52)38-17-26-43-45-46-44-26/h11-12,16,18-23,25,27H,5-10,13-15,17H2,1-4H3,(H,38,52)(H,39,48)(H,40,50)(H,41,51)(H,42,49)(H,43,44,45,46)/t19-,21-,22-,23-,27-/m0/s1. The number of halogens is 2. The molecule has 0 aromatic carbocycles. The largest absolute Gasteiger partial charge is 0.344 e. The fourth-order valence-electron chi connectivity index (χ4n) is 5.90. The van der Waals surface area contributed by atoms with Gasteiger partial charge in [0.15, 0.2) is 5.82 Å². The van der Waals surface area contributed by atoms with Crippen molar-refractivity contribution in [2.24, 2.45) is 17.8 Å². The van der Waals surface area contributed by atoms with E-state index in [2.05, 4.69) is 57.2 Å². The molecule has 0 saturated heterocycles. The molecule has 286 valence electrons. The summed E-state index contributed by atoms with van der Waals surface area (Å²) in [5.41, 5.74) is 0.00456. The summed E-state index contributed by atoms with van der Waals surface area (Å²) in [6, 6.07) is -5.38. The van der Waals surface area contributed by atoms with Crippen molar-refractivity contribution in [2.45, 2.75) is 123 Å². The molecule has 2 aromatic rings. The smallest absolute Gasteiger partial charge is 0.289 e. The van der Waals surface area contributed by atoms with Crippen LogP contribution in [0.15, 0.2) is 18.6 Å². The van der Waals surface area contributed by atoms with Gasteiger partial charge in [-0.1, -0.05) is 71.4 Å². The number of carbonyl (C=O) groups is 6. The first kappa shape index (κ1) is 41.5. The summed E-state index contributed by atoms with van der Waals surface area (Å²) in [5, 5.41) is 25.4. The monoisotopic (exact) mass is 733 g/mol. The van der Waals surface area contributed by atoms with Crippen molar-refractivity contribution in [2.75, 3.05) is 0 Å². The summed E-state index contributed by atoms with van der Waals surface area (Å²) in [6.45, 7) is 6.97. The van der Waals surface area contributed by atoms with E-state index in [0.717, 1.165) is 32.1 Å². The molecule has 1 aliphatic carbocycles. The number of rotatable bonds is 20. The number of carbonyl (C=O) groups excluding carboxylic acids is 6. The lowest BCUT2D eigenvalue weighted by molar-refractivity contribution is -0.141. The maximum absolute atomic E-state index is 13.9. The van der Waals surface area contributed by atoms with E-state index in [-0.39, 0.29) is 42.7 Å². The number of aromatic nitrogens is 6. The topological polar surface area (TPSA) is 243 Å². The molecule has 0 radical (unpaired) electrons. The van der Waals surface area contributed by atoms with Gasteiger partial charge in [0.05, 0.1) is 12.7 Å². The molecule has 19 heteroatoms. The average molecular weight is 734 g/mol. The van der Waals surface area contributed by atoms with Crippen LogP contribution in [0.25, 0.3) is 0 Å². The van der Waals surface area contributed by atoms with E-state index in [0.29, 0.717) is 6.42 Å². The number of ketones is 1. The summed E-state index contributed by atoms with van der Waals surface area (Å²) < 4.78 is 27.2. The van der Waals surface area contributed by atoms with E-state index in [1.165, 1.54) is 18.6 Å². The van der Waals surface area contributed by atoms with Crippen LogP contribution in [-0.4, -0.2) is 96.5 Å². The van der Waals surface area contributed by atoms with E-state index in [1.807, 2.05) is 20.8 Å². The molecule has 5 amide bonds. The van der Waals surface area contributed by atoms with Crippen molar-refractivity contribution < 1.29 is 37.5 Å². The summed E-state index contributed by atoms with van der Waals surface area (Å²) in [5.74, 6) is -5.86. The van der Waals surface area contributed by atoms with Crippen molar-refractivity contribution in [1.82, 2.24) is 57.2 Å². The van der Waals surface area contributed by atoms with Crippen LogP contribution in [0.2, 0.25) is 0 Å². The fourth-order valence-corrected chi connectivity index (χ4v) is 5.90. The zero-order valence-corrected chi connectivity index (χ0v) is 29.9. The Bertz CT molecular complexity index is 1480. The van der Waals surface area contributed by atoms with Crippen molar-refractivity contribution in [3.63, 3.8) is 0 Å². The highest BCUT2D eigenvalue weighted by Crippen LogP contribution is 2.28. The zero-order chi connectivity index (χ0) is 38.2. The van der Waals surface area contributed by atoms with Gasteiger partial charge >= 0.3 is 0 Å². The third kappa shape index (κ3) is 13.3. The normalized spacial score (nSPS) is 16.2. The molecule has 0 spiro atoms. The quantitative estimate of drug-likeness (QED) is 0.105. The molecular weight excluding hydrogens is 684 g/mol. The van der Waals surface area contributed by atoms with Crippen LogP contribution in [0.5, 0.6) is 0 Å². The fraction of sp³-hybridized carbons (Fsp3) is 0.667. The second kappa shape index (κ2) is 20.8. The molecule has 0 unspecified atom stereocenters. The second-order valence-electron chi connectivity index (χ2n) is 13.5. The molecule has 2 aromatic heterocycles. The first-order valence-corrected chi connectivity index (χ1v) is 17.6. The van der Waals surface area contributed by atoms with Crippen molar-refractivity contribution in [3.05, 3.63) is 30.1 Å². The lowest BCUT2D eigenvalue weighted by Crippen LogP contribution is -2.60. The van der Waals surface area contributed by atoms with E-state index < -0.39 is 78.3 Å². The van der Waals surface area contributed by atoms with Gasteiger partial charge in [-0.2, -0.15) is 5.21 Å². The molecule has 0 bridgehead atoms. The van der Waals surface area contributed by atoms with Gasteiger partial charge in [0.1, 0.15) is 29.9 Å². The molecule has 2 heterocycles. The van der Waals surface area contributed by atoms with Crippen LogP contribution in [0.1, 0.15) is 102 Å². The van der Waals surface area contributed by atoms with E-state index in [9.17, 15) is 37.5 Å². The van der Waals surface area contributed by atoms with E-state index in [4.69, 9.17) is 0 Å². The molecule has 52 heavy (non-hydrogen) atoms. The minimum atomic E-state index is -3.05. The SMILES string of the molecule is CC[C@H](C)[C@H](NC(=O)[C@H](CC(C)C)NC(=O)c1cnccn1)C(=O)N[C@@H](CC1CCCCC1)C(=O)N[C@@H](CC(F)F)C(=O)C(=O)NCc1nn[nH]n1. The first-order chi connectivity index (χ1) is 24.8.